The molecule has 2 saturated heterocycles. The van der Waals surface area contributed by atoms with Gasteiger partial charge in [-0.15, -0.1) is 0 Å². The fourth-order valence-electron chi connectivity index (χ4n) is 2.75. The zero-order chi connectivity index (χ0) is 9.42. The summed E-state index contributed by atoms with van der Waals surface area (Å²) >= 11 is 0. The lowest BCUT2D eigenvalue weighted by atomic mass is 9.78. The average molecular weight is 184 g/mol. The van der Waals surface area contributed by atoms with Gasteiger partial charge in [0.15, 0.2) is 0 Å². The summed E-state index contributed by atoms with van der Waals surface area (Å²) in [7, 11) is 1.46. The number of rotatable bonds is 2. The van der Waals surface area contributed by atoms with Crippen LogP contribution in [0.5, 0.6) is 0 Å². The monoisotopic (exact) mass is 184 g/mol. The molecule has 3 heteroatoms. The van der Waals surface area contributed by atoms with Crippen LogP contribution in [0, 0.1) is 11.8 Å². The maximum Gasteiger partial charge on any atom is 0.311 e. The molecule has 2 bridgehead atoms. The molecule has 4 atom stereocenters. The molecular formula is C10H16O3. The van der Waals surface area contributed by atoms with E-state index in [0.29, 0.717) is 12.0 Å². The molecule has 0 spiro atoms. The average Bonchev–Trinajstić information content (AvgIpc) is 2.74. The van der Waals surface area contributed by atoms with E-state index in [4.69, 9.17) is 9.47 Å². The third-order valence-electron chi connectivity index (χ3n) is 3.37. The Morgan fingerprint density at radius 1 is 1.46 bits per heavy atom. The van der Waals surface area contributed by atoms with E-state index < -0.39 is 0 Å². The summed E-state index contributed by atoms with van der Waals surface area (Å²) in [6.45, 7) is 2.12. The summed E-state index contributed by atoms with van der Waals surface area (Å²) in [5.41, 5.74) is 0. The van der Waals surface area contributed by atoms with Crippen molar-refractivity contribution in [3.63, 3.8) is 0 Å². The van der Waals surface area contributed by atoms with Crippen LogP contribution in [-0.2, 0) is 14.3 Å². The Labute approximate surface area is 78.4 Å². The summed E-state index contributed by atoms with van der Waals surface area (Å²) in [6, 6.07) is 0. The molecule has 2 aliphatic rings. The maximum atomic E-state index is 11.5. The highest BCUT2D eigenvalue weighted by molar-refractivity contribution is 5.74. The lowest BCUT2D eigenvalue weighted by Gasteiger charge is -2.24. The number of hydrogen-bond donors (Lipinski definition) is 0. The van der Waals surface area contributed by atoms with Crippen LogP contribution >= 0.6 is 0 Å². The van der Waals surface area contributed by atoms with Crippen molar-refractivity contribution < 1.29 is 14.3 Å². The minimum absolute atomic E-state index is 0.00810. The second kappa shape index (κ2) is 3.29. The number of hydrogen-bond acceptors (Lipinski definition) is 3. The van der Waals surface area contributed by atoms with Crippen molar-refractivity contribution in [2.45, 2.75) is 38.4 Å². The van der Waals surface area contributed by atoms with Crippen molar-refractivity contribution in [3.8, 4) is 0 Å². The van der Waals surface area contributed by atoms with E-state index >= 15 is 0 Å². The van der Waals surface area contributed by atoms with Gasteiger partial charge in [0.25, 0.3) is 0 Å². The van der Waals surface area contributed by atoms with E-state index in [1.54, 1.807) is 0 Å². The number of methoxy groups -OCH3 is 1. The summed E-state index contributed by atoms with van der Waals surface area (Å²) in [6.07, 6.45) is 3.62. The maximum absolute atomic E-state index is 11.5. The van der Waals surface area contributed by atoms with Gasteiger partial charge in [0.05, 0.1) is 25.2 Å². The van der Waals surface area contributed by atoms with Crippen LogP contribution < -0.4 is 0 Å². The molecule has 2 aliphatic heterocycles. The molecule has 0 N–H and O–H groups in total. The van der Waals surface area contributed by atoms with Gasteiger partial charge >= 0.3 is 5.97 Å². The van der Waals surface area contributed by atoms with Gasteiger partial charge in [0.2, 0.25) is 0 Å². The molecule has 0 aromatic heterocycles. The van der Waals surface area contributed by atoms with Gasteiger partial charge in [-0.2, -0.15) is 0 Å². The first-order valence-electron chi connectivity index (χ1n) is 5.01. The first-order valence-corrected chi connectivity index (χ1v) is 5.01. The molecule has 0 amide bonds. The van der Waals surface area contributed by atoms with Crippen molar-refractivity contribution in [1.29, 1.82) is 0 Å². The molecule has 13 heavy (non-hydrogen) atoms. The predicted octanol–water partition coefficient (Wildman–Crippen LogP) is 1.36. The van der Waals surface area contributed by atoms with Crippen LogP contribution in [0.3, 0.4) is 0 Å². The minimum Gasteiger partial charge on any atom is -0.469 e. The lowest BCUT2D eigenvalue weighted by Crippen LogP contribution is -2.33. The number of carbonyl (C=O) groups excluding carboxylic acids is 1. The number of ether oxygens (including phenoxy) is 2. The van der Waals surface area contributed by atoms with E-state index in [2.05, 4.69) is 6.92 Å². The van der Waals surface area contributed by atoms with Gasteiger partial charge in [-0.1, -0.05) is 6.92 Å². The quantitative estimate of drug-likeness (QED) is 0.608. The molecule has 2 rings (SSSR count). The Kier molecular flexibility index (Phi) is 2.28. The molecule has 0 aliphatic carbocycles. The first kappa shape index (κ1) is 9.00. The van der Waals surface area contributed by atoms with Gasteiger partial charge in [0.1, 0.15) is 0 Å². The van der Waals surface area contributed by atoms with Crippen LogP contribution in [0.25, 0.3) is 0 Å². The molecule has 74 valence electrons. The molecule has 0 aromatic carbocycles. The van der Waals surface area contributed by atoms with Crippen LogP contribution in [-0.4, -0.2) is 25.3 Å². The van der Waals surface area contributed by atoms with Crippen molar-refractivity contribution in [3.05, 3.63) is 0 Å². The van der Waals surface area contributed by atoms with Gasteiger partial charge in [-0.05, 0) is 19.3 Å². The second-order valence-electron chi connectivity index (χ2n) is 3.91. The minimum atomic E-state index is -0.0842. The van der Waals surface area contributed by atoms with Crippen molar-refractivity contribution >= 4 is 5.97 Å². The highest BCUT2D eigenvalue weighted by atomic mass is 16.5. The molecule has 0 aromatic rings. The van der Waals surface area contributed by atoms with E-state index in [9.17, 15) is 4.79 Å². The third-order valence-corrected chi connectivity index (χ3v) is 3.37. The lowest BCUT2D eigenvalue weighted by molar-refractivity contribution is -0.148. The third kappa shape index (κ3) is 1.26. The van der Waals surface area contributed by atoms with E-state index in [1.807, 2.05) is 0 Å². The second-order valence-corrected chi connectivity index (χ2v) is 3.91. The van der Waals surface area contributed by atoms with Crippen LogP contribution in [0.2, 0.25) is 0 Å². The summed E-state index contributed by atoms with van der Waals surface area (Å²) in [5, 5.41) is 0. The first-order chi connectivity index (χ1) is 6.27. The Hall–Kier alpha value is -0.570. The highest BCUT2D eigenvalue weighted by Crippen LogP contribution is 2.45. The Bertz CT molecular complexity index is 214. The van der Waals surface area contributed by atoms with Gasteiger partial charge in [-0.25, -0.2) is 0 Å². The Morgan fingerprint density at radius 2 is 2.15 bits per heavy atom. The topological polar surface area (TPSA) is 35.5 Å². The summed E-state index contributed by atoms with van der Waals surface area (Å²) in [4.78, 5) is 11.5. The zero-order valence-corrected chi connectivity index (χ0v) is 8.16. The number of carbonyl (C=O) groups is 1. The molecule has 2 heterocycles. The molecule has 0 unspecified atom stereocenters. The standard InChI is InChI=1S/C10H16O3/c1-3-6-7-4-5-8(13-7)9(6)10(11)12-2/h6-9H,3-5H2,1-2H3/t6-,7-,8+,9-/m1/s1. The van der Waals surface area contributed by atoms with Crippen LogP contribution in [0.15, 0.2) is 0 Å². The van der Waals surface area contributed by atoms with Crippen molar-refractivity contribution in [2.75, 3.05) is 7.11 Å². The van der Waals surface area contributed by atoms with Crippen molar-refractivity contribution in [2.24, 2.45) is 11.8 Å². The Balaban J connectivity index is 2.13. The SMILES string of the molecule is CC[C@H]1[C@@H](C(=O)OC)[C@@H]2CC[C@H]1O2. The normalized spacial score (nSPS) is 42.3. The molecular weight excluding hydrogens is 168 g/mol. The van der Waals surface area contributed by atoms with Crippen LogP contribution in [0.1, 0.15) is 26.2 Å². The van der Waals surface area contributed by atoms with Gasteiger partial charge in [0, 0.05) is 5.92 Å². The largest absolute Gasteiger partial charge is 0.469 e. The number of fused-ring (bicyclic) bond motifs is 2. The smallest absolute Gasteiger partial charge is 0.311 e. The van der Waals surface area contributed by atoms with Crippen molar-refractivity contribution in [1.82, 2.24) is 0 Å². The molecule has 0 saturated carbocycles. The number of esters is 1. The van der Waals surface area contributed by atoms with Gasteiger partial charge in [-0.3, -0.25) is 4.79 Å². The fourth-order valence-corrected chi connectivity index (χ4v) is 2.75. The molecule has 2 fully saturated rings. The van der Waals surface area contributed by atoms with Gasteiger partial charge < -0.3 is 9.47 Å². The van der Waals surface area contributed by atoms with E-state index in [1.165, 1.54) is 7.11 Å². The molecule has 0 radical (unpaired) electrons. The molecule has 3 nitrogen and oxygen atoms in total. The summed E-state index contributed by atoms with van der Waals surface area (Å²) < 4.78 is 10.5. The highest BCUT2D eigenvalue weighted by Gasteiger charge is 2.51. The predicted molar refractivity (Wildman–Crippen MR) is 47.2 cm³/mol. The van der Waals surface area contributed by atoms with E-state index in [0.717, 1.165) is 19.3 Å². The van der Waals surface area contributed by atoms with Crippen LogP contribution in [0.4, 0.5) is 0 Å². The van der Waals surface area contributed by atoms with E-state index in [-0.39, 0.29) is 18.0 Å². The summed E-state index contributed by atoms with van der Waals surface area (Å²) in [5.74, 6) is 0.319. The zero-order valence-electron chi connectivity index (χ0n) is 8.16. The Morgan fingerprint density at radius 3 is 2.77 bits per heavy atom. The fraction of sp³-hybridized carbons (Fsp3) is 0.900.